The van der Waals surface area contributed by atoms with E-state index in [0.717, 1.165) is 38.2 Å². The smallest absolute Gasteiger partial charge is 0.219 e. The molecule has 0 N–H and O–H groups in total. The zero-order chi connectivity index (χ0) is 15.2. The Morgan fingerprint density at radius 2 is 1.91 bits per heavy atom. The van der Waals surface area contributed by atoms with Crippen LogP contribution in [-0.4, -0.2) is 28.5 Å². The lowest BCUT2D eigenvalue weighted by atomic mass is 9.87. The van der Waals surface area contributed by atoms with Crippen LogP contribution in [0, 0.1) is 0 Å². The van der Waals surface area contributed by atoms with Crippen LogP contribution in [0.1, 0.15) is 31.0 Å². The number of rotatable bonds is 0. The maximum Gasteiger partial charge on any atom is 0.219 e. The summed E-state index contributed by atoms with van der Waals surface area (Å²) in [5.74, 6) is 1.13. The van der Waals surface area contributed by atoms with Crippen molar-refractivity contribution in [2.24, 2.45) is 0 Å². The van der Waals surface area contributed by atoms with Crippen molar-refractivity contribution in [3.05, 3.63) is 53.9 Å². The third-order valence-corrected chi connectivity index (χ3v) is 4.93. The zero-order valence-corrected chi connectivity index (χ0v) is 12.8. The second-order valence-electron chi connectivity index (χ2n) is 6.23. The molecule has 2 aromatic rings. The lowest BCUT2D eigenvalue weighted by Crippen LogP contribution is -2.47. The second-order valence-corrected chi connectivity index (χ2v) is 6.23. The molecule has 1 aromatic heterocycles. The molecule has 114 valence electrons. The van der Waals surface area contributed by atoms with Gasteiger partial charge in [-0.3, -0.25) is 4.79 Å². The molecule has 0 bridgehead atoms. The summed E-state index contributed by atoms with van der Waals surface area (Å²) >= 11 is 0. The van der Waals surface area contributed by atoms with Gasteiger partial charge in [0.1, 0.15) is 5.75 Å². The summed E-state index contributed by atoms with van der Waals surface area (Å²) in [6.07, 6.45) is 3.80. The molecule has 4 heteroatoms. The summed E-state index contributed by atoms with van der Waals surface area (Å²) in [4.78, 5) is 13.5. The van der Waals surface area contributed by atoms with Gasteiger partial charge >= 0.3 is 0 Å². The molecule has 1 fully saturated rings. The van der Waals surface area contributed by atoms with Crippen LogP contribution < -0.4 is 4.74 Å². The largest absolute Gasteiger partial charge is 0.481 e. The van der Waals surface area contributed by atoms with E-state index >= 15 is 0 Å². The van der Waals surface area contributed by atoms with Crippen molar-refractivity contribution in [3.63, 3.8) is 0 Å². The number of carbonyl (C=O) groups excluding carboxylic acids is 1. The summed E-state index contributed by atoms with van der Waals surface area (Å²) in [6.45, 7) is 3.99. The maximum absolute atomic E-state index is 11.6. The molecule has 4 rings (SSSR count). The Morgan fingerprint density at radius 1 is 1.14 bits per heavy atom. The molecular formula is C18H20N2O2. The highest BCUT2D eigenvalue weighted by molar-refractivity contribution is 5.73. The molecule has 3 heterocycles. The fraction of sp³-hybridized carbons (Fsp3) is 0.389. The van der Waals surface area contributed by atoms with Gasteiger partial charge in [-0.2, -0.15) is 0 Å². The molecule has 0 unspecified atom stereocenters. The molecule has 2 aliphatic rings. The SMILES string of the molecule is CC(=O)N1CCC2(CC1)Oc1ccccc1Cn1cccc12. The van der Waals surface area contributed by atoms with E-state index in [-0.39, 0.29) is 11.5 Å². The van der Waals surface area contributed by atoms with Crippen molar-refractivity contribution in [3.8, 4) is 5.75 Å². The molecular weight excluding hydrogens is 276 g/mol. The number of fused-ring (bicyclic) bond motifs is 3. The van der Waals surface area contributed by atoms with Gasteiger partial charge in [-0.15, -0.1) is 0 Å². The Kier molecular flexibility index (Phi) is 2.99. The molecule has 0 atom stereocenters. The minimum atomic E-state index is -0.317. The maximum atomic E-state index is 11.6. The van der Waals surface area contributed by atoms with Crippen molar-refractivity contribution < 1.29 is 9.53 Å². The Labute approximate surface area is 130 Å². The van der Waals surface area contributed by atoms with E-state index in [9.17, 15) is 4.79 Å². The van der Waals surface area contributed by atoms with Gasteiger partial charge in [0.15, 0.2) is 5.60 Å². The van der Waals surface area contributed by atoms with E-state index in [0.29, 0.717) is 0 Å². The molecule has 0 radical (unpaired) electrons. The third kappa shape index (κ3) is 2.02. The van der Waals surface area contributed by atoms with Crippen LogP contribution in [0.4, 0.5) is 0 Å². The number of benzene rings is 1. The number of para-hydroxylation sites is 1. The van der Waals surface area contributed by atoms with Gasteiger partial charge in [-0.25, -0.2) is 0 Å². The molecule has 0 saturated carbocycles. The van der Waals surface area contributed by atoms with Gasteiger partial charge in [0.2, 0.25) is 5.91 Å². The number of nitrogens with zero attached hydrogens (tertiary/aromatic N) is 2. The first kappa shape index (κ1) is 13.4. The van der Waals surface area contributed by atoms with Crippen LogP contribution in [0.25, 0.3) is 0 Å². The van der Waals surface area contributed by atoms with Crippen LogP contribution in [0.2, 0.25) is 0 Å². The topological polar surface area (TPSA) is 34.5 Å². The summed E-state index contributed by atoms with van der Waals surface area (Å²) in [7, 11) is 0. The highest BCUT2D eigenvalue weighted by Gasteiger charge is 2.42. The fourth-order valence-corrected chi connectivity index (χ4v) is 3.69. The first-order valence-electron chi connectivity index (χ1n) is 7.86. The minimum Gasteiger partial charge on any atom is -0.481 e. The number of ether oxygens (including phenoxy) is 1. The third-order valence-electron chi connectivity index (χ3n) is 4.93. The van der Waals surface area contributed by atoms with Gasteiger partial charge in [0, 0.05) is 44.6 Å². The average Bonchev–Trinajstić information content (AvgIpc) is 2.94. The van der Waals surface area contributed by atoms with Crippen molar-refractivity contribution in [2.75, 3.05) is 13.1 Å². The number of likely N-dealkylation sites (tertiary alicyclic amines) is 1. The first-order chi connectivity index (χ1) is 10.7. The van der Waals surface area contributed by atoms with Gasteiger partial charge in [-0.05, 0) is 18.2 Å². The highest BCUT2D eigenvalue weighted by atomic mass is 16.5. The van der Waals surface area contributed by atoms with Gasteiger partial charge in [-0.1, -0.05) is 18.2 Å². The summed E-state index contributed by atoms with van der Waals surface area (Å²) in [5, 5.41) is 0. The van der Waals surface area contributed by atoms with Crippen LogP contribution >= 0.6 is 0 Å². The Hall–Kier alpha value is -2.23. The normalized spacial score (nSPS) is 19.0. The molecule has 1 amide bonds. The number of amides is 1. The van der Waals surface area contributed by atoms with Crippen LogP contribution in [0.3, 0.4) is 0 Å². The molecule has 4 nitrogen and oxygen atoms in total. The summed E-state index contributed by atoms with van der Waals surface area (Å²) in [6, 6.07) is 12.5. The van der Waals surface area contributed by atoms with Crippen molar-refractivity contribution in [1.82, 2.24) is 9.47 Å². The van der Waals surface area contributed by atoms with Crippen LogP contribution in [0.5, 0.6) is 5.75 Å². The predicted molar refractivity (Wildman–Crippen MR) is 83.8 cm³/mol. The second kappa shape index (κ2) is 4.90. The Balaban J connectivity index is 1.75. The van der Waals surface area contributed by atoms with E-state index in [1.807, 2.05) is 11.0 Å². The number of hydrogen-bond acceptors (Lipinski definition) is 2. The van der Waals surface area contributed by atoms with E-state index in [2.05, 4.69) is 41.1 Å². The van der Waals surface area contributed by atoms with E-state index in [4.69, 9.17) is 4.74 Å². The van der Waals surface area contributed by atoms with Gasteiger partial charge in [0.25, 0.3) is 0 Å². The standard InChI is InChI=1S/C18H20N2O2/c1-14(21)19-11-8-18(9-12-19)17-7-4-10-20(17)13-15-5-2-3-6-16(15)22-18/h2-7,10H,8-9,11-13H2,1H3. The number of carbonyl (C=O) groups is 1. The zero-order valence-electron chi connectivity index (χ0n) is 12.8. The van der Waals surface area contributed by atoms with Crippen molar-refractivity contribution in [1.29, 1.82) is 0 Å². The highest BCUT2D eigenvalue weighted by Crippen LogP contribution is 2.41. The van der Waals surface area contributed by atoms with E-state index in [1.54, 1.807) is 6.92 Å². The van der Waals surface area contributed by atoms with Gasteiger partial charge < -0.3 is 14.2 Å². The number of piperidine rings is 1. The molecule has 1 spiro atoms. The predicted octanol–water partition coefficient (Wildman–Crippen LogP) is 2.77. The minimum absolute atomic E-state index is 0.152. The lowest BCUT2D eigenvalue weighted by molar-refractivity contribution is -0.132. The number of aromatic nitrogens is 1. The van der Waals surface area contributed by atoms with Crippen molar-refractivity contribution >= 4 is 5.91 Å². The first-order valence-corrected chi connectivity index (χ1v) is 7.86. The average molecular weight is 296 g/mol. The number of hydrogen-bond donors (Lipinski definition) is 0. The Bertz CT molecular complexity index is 711. The molecule has 1 saturated heterocycles. The van der Waals surface area contributed by atoms with Crippen LogP contribution in [-0.2, 0) is 16.9 Å². The Morgan fingerprint density at radius 3 is 2.68 bits per heavy atom. The van der Waals surface area contributed by atoms with E-state index in [1.165, 1.54) is 11.3 Å². The van der Waals surface area contributed by atoms with E-state index < -0.39 is 0 Å². The van der Waals surface area contributed by atoms with Gasteiger partial charge in [0.05, 0.1) is 12.2 Å². The molecule has 1 aromatic carbocycles. The lowest BCUT2D eigenvalue weighted by Gasteiger charge is -2.41. The summed E-state index contributed by atoms with van der Waals surface area (Å²) < 4.78 is 8.83. The van der Waals surface area contributed by atoms with Crippen molar-refractivity contribution in [2.45, 2.75) is 31.9 Å². The molecule has 2 aliphatic heterocycles. The molecule has 0 aliphatic carbocycles. The summed E-state index contributed by atoms with van der Waals surface area (Å²) in [5.41, 5.74) is 2.12. The quantitative estimate of drug-likeness (QED) is 0.749. The van der Waals surface area contributed by atoms with Crippen LogP contribution in [0.15, 0.2) is 42.6 Å². The molecule has 22 heavy (non-hydrogen) atoms. The monoisotopic (exact) mass is 296 g/mol. The fourth-order valence-electron chi connectivity index (χ4n) is 3.69.